The zero-order chi connectivity index (χ0) is 25.1. The van der Waals surface area contributed by atoms with Gasteiger partial charge in [-0.3, -0.25) is 19.4 Å². The summed E-state index contributed by atoms with van der Waals surface area (Å²) in [5, 5.41) is 15.0. The molecular weight excluding hydrogens is 440 g/mol. The summed E-state index contributed by atoms with van der Waals surface area (Å²) in [6.07, 6.45) is 4.40. The number of aromatic hydroxyl groups is 1. The predicted octanol–water partition coefficient (Wildman–Crippen LogP) is -0.955. The van der Waals surface area contributed by atoms with Gasteiger partial charge >= 0.3 is 0 Å². The van der Waals surface area contributed by atoms with Crippen molar-refractivity contribution in [2.45, 2.75) is 44.7 Å². The number of rotatable bonds is 13. The number of aromatic amines is 1. The minimum atomic E-state index is -0.985. The maximum Gasteiger partial charge on any atom is 0.240 e. The lowest BCUT2D eigenvalue weighted by molar-refractivity contribution is -0.131. The molecule has 0 fully saturated rings. The second-order valence-corrected chi connectivity index (χ2v) is 7.98. The van der Waals surface area contributed by atoms with E-state index in [1.54, 1.807) is 18.3 Å². The van der Waals surface area contributed by atoms with Crippen molar-refractivity contribution in [2.24, 2.45) is 28.1 Å². The Hall–Kier alpha value is -4.09. The van der Waals surface area contributed by atoms with Gasteiger partial charge in [0.05, 0.1) is 12.2 Å². The molecule has 0 bridgehead atoms. The molecule has 10 N–H and O–H groups in total. The fourth-order valence-corrected chi connectivity index (χ4v) is 3.57. The van der Waals surface area contributed by atoms with Crippen LogP contribution in [-0.4, -0.2) is 57.4 Å². The van der Waals surface area contributed by atoms with E-state index in [0.717, 1.165) is 0 Å². The molecule has 2 aromatic rings. The van der Waals surface area contributed by atoms with Crippen LogP contribution in [0, 0.1) is 5.92 Å². The summed E-state index contributed by atoms with van der Waals surface area (Å²) in [4.78, 5) is 48.3. The van der Waals surface area contributed by atoms with Crippen LogP contribution >= 0.6 is 0 Å². The van der Waals surface area contributed by atoms with Gasteiger partial charge < -0.3 is 37.9 Å². The number of H-pyrrole nitrogens is 1. The van der Waals surface area contributed by atoms with E-state index in [1.807, 2.05) is 0 Å². The number of nitrogens with zero attached hydrogens (tertiary/aromatic N) is 2. The van der Waals surface area contributed by atoms with Crippen molar-refractivity contribution in [1.29, 1.82) is 0 Å². The van der Waals surface area contributed by atoms with E-state index in [2.05, 4.69) is 25.6 Å². The molecule has 12 heteroatoms. The van der Waals surface area contributed by atoms with Gasteiger partial charge in [-0.2, -0.15) is 0 Å². The number of carbonyl (C=O) groups is 3. The molecule has 3 unspecified atom stereocenters. The average Bonchev–Trinajstić information content (AvgIpc) is 3.28. The Kier molecular flexibility index (Phi) is 9.87. The second kappa shape index (κ2) is 12.8. The molecule has 0 saturated heterocycles. The third-order valence-electron chi connectivity index (χ3n) is 5.21. The number of carbonyl (C=O) groups excluding carboxylic acids is 3. The molecular formula is C22H32N8O4. The SMILES string of the molecule is CC(=O)NC(CCCN=C(N)N)C(Cc1cnc[nH]1)C(=O)NC(Cc1ccc(O)cc1)C(N)=O. The molecule has 1 heterocycles. The topological polar surface area (TPSA) is 215 Å². The Morgan fingerprint density at radius 2 is 1.82 bits per heavy atom. The van der Waals surface area contributed by atoms with Gasteiger partial charge in [0.15, 0.2) is 5.96 Å². The summed E-state index contributed by atoms with van der Waals surface area (Å²) < 4.78 is 0. The highest BCUT2D eigenvalue weighted by Crippen LogP contribution is 2.18. The van der Waals surface area contributed by atoms with E-state index < -0.39 is 29.8 Å². The van der Waals surface area contributed by atoms with Crippen molar-refractivity contribution in [1.82, 2.24) is 20.6 Å². The van der Waals surface area contributed by atoms with Gasteiger partial charge in [-0.25, -0.2) is 4.98 Å². The lowest BCUT2D eigenvalue weighted by Gasteiger charge is -2.28. The third kappa shape index (κ3) is 8.81. The lowest BCUT2D eigenvalue weighted by atomic mass is 9.89. The van der Waals surface area contributed by atoms with E-state index in [0.29, 0.717) is 30.6 Å². The molecule has 0 spiro atoms. The Labute approximate surface area is 197 Å². The van der Waals surface area contributed by atoms with E-state index >= 15 is 0 Å². The molecule has 34 heavy (non-hydrogen) atoms. The van der Waals surface area contributed by atoms with Crippen molar-refractivity contribution in [3.8, 4) is 5.75 Å². The lowest BCUT2D eigenvalue weighted by Crippen LogP contribution is -2.53. The minimum absolute atomic E-state index is 0.0404. The number of aromatic nitrogens is 2. The highest BCUT2D eigenvalue weighted by molar-refractivity contribution is 5.88. The van der Waals surface area contributed by atoms with Crippen molar-refractivity contribution in [3.63, 3.8) is 0 Å². The van der Waals surface area contributed by atoms with Crippen molar-refractivity contribution in [2.75, 3.05) is 6.54 Å². The number of hydrogen-bond donors (Lipinski definition) is 7. The Morgan fingerprint density at radius 3 is 2.38 bits per heavy atom. The molecule has 1 aromatic carbocycles. The molecule has 0 radical (unpaired) electrons. The van der Waals surface area contributed by atoms with E-state index in [9.17, 15) is 19.5 Å². The molecule has 12 nitrogen and oxygen atoms in total. The summed E-state index contributed by atoms with van der Waals surface area (Å²) in [7, 11) is 0. The Balaban J connectivity index is 2.22. The van der Waals surface area contributed by atoms with Crippen LogP contribution in [0.5, 0.6) is 5.75 Å². The van der Waals surface area contributed by atoms with E-state index in [1.165, 1.54) is 25.4 Å². The predicted molar refractivity (Wildman–Crippen MR) is 126 cm³/mol. The molecule has 1 aromatic heterocycles. The van der Waals surface area contributed by atoms with E-state index in [4.69, 9.17) is 17.2 Å². The zero-order valence-electron chi connectivity index (χ0n) is 19.0. The maximum atomic E-state index is 13.4. The largest absolute Gasteiger partial charge is 0.508 e. The first-order chi connectivity index (χ1) is 16.2. The first-order valence-electron chi connectivity index (χ1n) is 10.8. The summed E-state index contributed by atoms with van der Waals surface area (Å²) in [6, 6.07) is 4.71. The number of amides is 3. The quantitative estimate of drug-likeness (QED) is 0.110. The number of nitrogens with one attached hydrogen (secondary N) is 3. The molecule has 2 rings (SSSR count). The van der Waals surface area contributed by atoms with Crippen LogP contribution in [0.1, 0.15) is 31.0 Å². The monoisotopic (exact) mass is 472 g/mol. The molecule has 0 aliphatic rings. The van der Waals surface area contributed by atoms with Crippen LogP contribution in [0.4, 0.5) is 0 Å². The van der Waals surface area contributed by atoms with Gasteiger partial charge in [0.1, 0.15) is 11.8 Å². The molecule has 184 valence electrons. The Morgan fingerprint density at radius 1 is 1.12 bits per heavy atom. The number of phenols is 1. The maximum absolute atomic E-state index is 13.4. The molecule has 3 atom stereocenters. The number of guanidine groups is 1. The summed E-state index contributed by atoms with van der Waals surface area (Å²) >= 11 is 0. The standard InChI is InChI=1S/C22H32N8O4/c1-13(31)29-18(3-2-8-27-22(24)25)17(10-15-11-26-12-28-15)21(34)30-19(20(23)33)9-14-4-6-16(32)7-5-14/h4-7,11-12,17-19,32H,2-3,8-10H2,1H3,(H2,23,33)(H,26,28)(H,29,31)(H,30,34)(H4,24,25,27). The first-order valence-corrected chi connectivity index (χ1v) is 10.8. The van der Waals surface area contributed by atoms with E-state index in [-0.39, 0.29) is 30.5 Å². The number of benzene rings is 1. The second-order valence-electron chi connectivity index (χ2n) is 7.98. The van der Waals surface area contributed by atoms with Gasteiger partial charge in [0.25, 0.3) is 0 Å². The van der Waals surface area contributed by atoms with Crippen LogP contribution in [0.25, 0.3) is 0 Å². The van der Waals surface area contributed by atoms with Gasteiger partial charge in [0, 0.05) is 44.2 Å². The van der Waals surface area contributed by atoms with Crippen LogP contribution in [-0.2, 0) is 27.2 Å². The Bertz CT molecular complexity index is 971. The van der Waals surface area contributed by atoms with Crippen molar-refractivity contribution >= 4 is 23.7 Å². The third-order valence-corrected chi connectivity index (χ3v) is 5.21. The summed E-state index contributed by atoms with van der Waals surface area (Å²) in [6.45, 7) is 1.70. The number of hydrogen-bond acceptors (Lipinski definition) is 6. The van der Waals surface area contributed by atoms with Gasteiger partial charge in [-0.15, -0.1) is 0 Å². The number of aliphatic imine (C=N–C) groups is 1. The molecule has 0 aliphatic heterocycles. The zero-order valence-corrected chi connectivity index (χ0v) is 19.0. The summed E-state index contributed by atoms with van der Waals surface area (Å²) in [5.41, 5.74) is 17.7. The fraction of sp³-hybridized carbons (Fsp3) is 0.409. The van der Waals surface area contributed by atoms with Crippen molar-refractivity contribution < 1.29 is 19.5 Å². The van der Waals surface area contributed by atoms with Crippen LogP contribution in [0.3, 0.4) is 0 Å². The number of primary amides is 1. The van der Waals surface area contributed by atoms with Crippen LogP contribution in [0.2, 0.25) is 0 Å². The summed E-state index contributed by atoms with van der Waals surface area (Å²) in [5.74, 6) is -2.14. The number of phenolic OH excluding ortho intramolecular Hbond substituents is 1. The fourth-order valence-electron chi connectivity index (χ4n) is 3.57. The minimum Gasteiger partial charge on any atom is -0.508 e. The molecule has 0 aliphatic carbocycles. The van der Waals surface area contributed by atoms with Crippen molar-refractivity contribution in [3.05, 3.63) is 48.0 Å². The molecule has 3 amide bonds. The smallest absolute Gasteiger partial charge is 0.240 e. The molecule has 0 saturated carbocycles. The van der Waals surface area contributed by atoms with Gasteiger partial charge in [-0.05, 0) is 30.5 Å². The number of imidazole rings is 1. The van der Waals surface area contributed by atoms with Crippen LogP contribution < -0.4 is 27.8 Å². The average molecular weight is 473 g/mol. The van der Waals surface area contributed by atoms with Gasteiger partial charge in [0.2, 0.25) is 17.7 Å². The first kappa shape index (κ1) is 26.2. The normalized spacial score (nSPS) is 13.3. The highest BCUT2D eigenvalue weighted by Gasteiger charge is 2.32. The highest BCUT2D eigenvalue weighted by atomic mass is 16.3. The number of nitrogens with two attached hydrogens (primary N) is 3. The van der Waals surface area contributed by atoms with Gasteiger partial charge in [-0.1, -0.05) is 12.1 Å². The van der Waals surface area contributed by atoms with Crippen LogP contribution in [0.15, 0.2) is 41.8 Å².